The minimum absolute atomic E-state index is 0.0758. The highest BCUT2D eigenvalue weighted by Crippen LogP contribution is 2.21. The molecular formula is C11H10F2N4OS. The molecule has 0 radical (unpaired) electrons. The molecule has 100 valence electrons. The maximum absolute atomic E-state index is 12.7. The molecule has 0 aliphatic rings. The van der Waals surface area contributed by atoms with Crippen LogP contribution in [0.5, 0.6) is 5.75 Å². The van der Waals surface area contributed by atoms with Crippen molar-refractivity contribution in [1.82, 2.24) is 14.9 Å². The summed E-state index contributed by atoms with van der Waals surface area (Å²) < 4.78 is 26.4. The Morgan fingerprint density at radius 1 is 1.42 bits per heavy atom. The standard InChI is InChI=1S/C11H10F2N4OS/c1-19-11-16-15-10(9(12)13)17(11)14-6-7-3-2-4-8(18)5-7/h2-6,9,18H,1H3/b14-6+. The Balaban J connectivity index is 2.34. The number of phenolic OH excluding ortho intramolecular Hbond substituents is 1. The van der Waals surface area contributed by atoms with Gasteiger partial charge in [0.05, 0.1) is 6.21 Å². The molecule has 8 heteroatoms. The maximum atomic E-state index is 12.7. The van der Waals surface area contributed by atoms with E-state index in [0.717, 1.165) is 16.4 Å². The van der Waals surface area contributed by atoms with Crippen molar-refractivity contribution in [2.24, 2.45) is 5.10 Å². The van der Waals surface area contributed by atoms with Gasteiger partial charge in [-0.2, -0.15) is 9.78 Å². The molecule has 0 amide bonds. The first-order valence-corrected chi connectivity index (χ1v) is 6.45. The van der Waals surface area contributed by atoms with Crippen molar-refractivity contribution in [2.75, 3.05) is 6.26 Å². The summed E-state index contributed by atoms with van der Waals surface area (Å²) in [6, 6.07) is 6.30. The van der Waals surface area contributed by atoms with Crippen LogP contribution in [0.1, 0.15) is 17.8 Å². The molecule has 0 saturated heterocycles. The van der Waals surface area contributed by atoms with Gasteiger partial charge in [0.2, 0.25) is 11.0 Å². The molecule has 0 atom stereocenters. The number of benzene rings is 1. The number of aromatic nitrogens is 3. The van der Waals surface area contributed by atoms with Crippen molar-refractivity contribution in [3.63, 3.8) is 0 Å². The predicted octanol–water partition coefficient (Wildman–Crippen LogP) is 2.53. The molecule has 0 spiro atoms. The molecule has 0 aliphatic carbocycles. The van der Waals surface area contributed by atoms with Crippen molar-refractivity contribution in [3.8, 4) is 5.75 Å². The van der Waals surface area contributed by atoms with Gasteiger partial charge in [-0.15, -0.1) is 10.2 Å². The van der Waals surface area contributed by atoms with E-state index in [0.29, 0.717) is 5.56 Å². The van der Waals surface area contributed by atoms with E-state index in [4.69, 9.17) is 0 Å². The van der Waals surface area contributed by atoms with Gasteiger partial charge in [-0.1, -0.05) is 23.9 Å². The molecule has 5 nitrogen and oxygen atoms in total. The molecule has 0 unspecified atom stereocenters. The molecule has 1 aromatic carbocycles. The average molecular weight is 284 g/mol. The minimum atomic E-state index is -2.75. The van der Waals surface area contributed by atoms with E-state index in [1.54, 1.807) is 18.4 Å². The molecule has 2 aromatic rings. The first-order chi connectivity index (χ1) is 9.11. The Labute approximate surface area is 112 Å². The Morgan fingerprint density at radius 2 is 2.21 bits per heavy atom. The van der Waals surface area contributed by atoms with E-state index < -0.39 is 12.2 Å². The molecule has 2 rings (SSSR count). The fraction of sp³-hybridized carbons (Fsp3) is 0.182. The zero-order chi connectivity index (χ0) is 13.8. The van der Waals surface area contributed by atoms with Crippen molar-refractivity contribution < 1.29 is 13.9 Å². The average Bonchev–Trinajstić information content (AvgIpc) is 2.79. The molecule has 0 fully saturated rings. The summed E-state index contributed by atoms with van der Waals surface area (Å²) in [5.41, 5.74) is 0.584. The fourth-order valence-electron chi connectivity index (χ4n) is 1.38. The Hall–Kier alpha value is -1.96. The van der Waals surface area contributed by atoms with E-state index in [1.807, 2.05) is 0 Å². The molecule has 1 N–H and O–H groups in total. The molecule has 1 aromatic heterocycles. The van der Waals surface area contributed by atoms with Crippen molar-refractivity contribution in [3.05, 3.63) is 35.7 Å². The van der Waals surface area contributed by atoms with Crippen LogP contribution < -0.4 is 0 Å². The lowest BCUT2D eigenvalue weighted by molar-refractivity contribution is 0.135. The number of hydrogen-bond acceptors (Lipinski definition) is 5. The predicted molar refractivity (Wildman–Crippen MR) is 67.9 cm³/mol. The number of thioether (sulfide) groups is 1. The van der Waals surface area contributed by atoms with Crippen LogP contribution in [0.4, 0.5) is 8.78 Å². The summed E-state index contributed by atoms with van der Waals surface area (Å²) in [7, 11) is 0. The summed E-state index contributed by atoms with van der Waals surface area (Å²) in [6.45, 7) is 0. The molecular weight excluding hydrogens is 274 g/mol. The van der Waals surface area contributed by atoms with Crippen LogP contribution in [0.15, 0.2) is 34.5 Å². The lowest BCUT2D eigenvalue weighted by Crippen LogP contribution is -2.00. The SMILES string of the molecule is CSc1nnc(C(F)F)n1/N=C/c1cccc(O)c1. The number of rotatable bonds is 4. The van der Waals surface area contributed by atoms with Gasteiger partial charge in [-0.05, 0) is 24.0 Å². The number of hydrogen-bond donors (Lipinski definition) is 1. The Bertz CT molecular complexity index is 600. The van der Waals surface area contributed by atoms with Crippen LogP contribution in [0.2, 0.25) is 0 Å². The molecule has 0 saturated carbocycles. The van der Waals surface area contributed by atoms with Crippen LogP contribution in [0, 0.1) is 0 Å². The molecule has 0 aliphatic heterocycles. The van der Waals surface area contributed by atoms with Crippen LogP contribution in [0.3, 0.4) is 0 Å². The fourth-order valence-corrected chi connectivity index (χ4v) is 1.81. The second kappa shape index (κ2) is 5.79. The second-order valence-corrected chi connectivity index (χ2v) is 4.27. The van der Waals surface area contributed by atoms with Crippen LogP contribution in [-0.4, -0.2) is 32.5 Å². The smallest absolute Gasteiger partial charge is 0.299 e. The molecule has 0 bridgehead atoms. The van der Waals surface area contributed by atoms with E-state index in [2.05, 4.69) is 15.3 Å². The van der Waals surface area contributed by atoms with Gasteiger partial charge in [0.25, 0.3) is 6.43 Å². The number of phenols is 1. The first-order valence-electron chi connectivity index (χ1n) is 5.22. The maximum Gasteiger partial charge on any atom is 0.299 e. The van der Waals surface area contributed by atoms with Crippen LogP contribution in [-0.2, 0) is 0 Å². The quantitative estimate of drug-likeness (QED) is 0.692. The van der Waals surface area contributed by atoms with E-state index in [9.17, 15) is 13.9 Å². The van der Waals surface area contributed by atoms with Gasteiger partial charge >= 0.3 is 0 Å². The highest BCUT2D eigenvalue weighted by Gasteiger charge is 2.19. The van der Waals surface area contributed by atoms with Gasteiger partial charge in [0.1, 0.15) is 5.75 Å². The summed E-state index contributed by atoms with van der Waals surface area (Å²) in [6.07, 6.45) is 0.295. The van der Waals surface area contributed by atoms with Crippen molar-refractivity contribution in [1.29, 1.82) is 0 Å². The number of nitrogens with zero attached hydrogens (tertiary/aromatic N) is 4. The van der Waals surface area contributed by atoms with Gasteiger partial charge in [-0.25, -0.2) is 8.78 Å². The summed E-state index contributed by atoms with van der Waals surface area (Å²) in [4.78, 5) is 0. The first kappa shape index (κ1) is 13.5. The second-order valence-electron chi connectivity index (χ2n) is 3.50. The molecule has 19 heavy (non-hydrogen) atoms. The van der Waals surface area contributed by atoms with Gasteiger partial charge in [-0.3, -0.25) is 0 Å². The summed E-state index contributed by atoms with van der Waals surface area (Å²) >= 11 is 1.16. The van der Waals surface area contributed by atoms with Crippen LogP contribution >= 0.6 is 11.8 Å². The van der Waals surface area contributed by atoms with Crippen LogP contribution in [0.25, 0.3) is 0 Å². The highest BCUT2D eigenvalue weighted by atomic mass is 32.2. The Kier molecular flexibility index (Phi) is 4.10. The third-order valence-electron chi connectivity index (χ3n) is 2.21. The zero-order valence-electron chi connectivity index (χ0n) is 9.86. The zero-order valence-corrected chi connectivity index (χ0v) is 10.7. The molecule has 1 heterocycles. The monoisotopic (exact) mass is 284 g/mol. The number of halogens is 2. The number of alkyl halides is 2. The third kappa shape index (κ3) is 3.08. The van der Waals surface area contributed by atoms with E-state index >= 15 is 0 Å². The third-order valence-corrected chi connectivity index (χ3v) is 2.83. The van der Waals surface area contributed by atoms with Gasteiger partial charge < -0.3 is 5.11 Å². The van der Waals surface area contributed by atoms with E-state index in [1.165, 1.54) is 18.3 Å². The highest BCUT2D eigenvalue weighted by molar-refractivity contribution is 7.98. The minimum Gasteiger partial charge on any atom is -0.508 e. The lowest BCUT2D eigenvalue weighted by Gasteiger charge is -2.01. The Morgan fingerprint density at radius 3 is 2.84 bits per heavy atom. The summed E-state index contributed by atoms with van der Waals surface area (Å²) in [5.74, 6) is -0.437. The van der Waals surface area contributed by atoms with Gasteiger partial charge in [0, 0.05) is 0 Å². The van der Waals surface area contributed by atoms with Gasteiger partial charge in [0.15, 0.2) is 0 Å². The lowest BCUT2D eigenvalue weighted by atomic mass is 10.2. The topological polar surface area (TPSA) is 63.3 Å². The number of aromatic hydroxyl groups is 1. The van der Waals surface area contributed by atoms with Crippen molar-refractivity contribution in [2.45, 2.75) is 11.6 Å². The largest absolute Gasteiger partial charge is 0.508 e. The normalized spacial score (nSPS) is 11.6. The van der Waals surface area contributed by atoms with Crippen molar-refractivity contribution >= 4 is 18.0 Å². The summed E-state index contributed by atoms with van der Waals surface area (Å²) in [5, 5.41) is 20.5. The van der Waals surface area contributed by atoms with E-state index in [-0.39, 0.29) is 10.9 Å².